The summed E-state index contributed by atoms with van der Waals surface area (Å²) in [5.74, 6) is 0.585. The van der Waals surface area contributed by atoms with Gasteiger partial charge in [-0.25, -0.2) is 0 Å². The second-order valence-electron chi connectivity index (χ2n) is 4.23. The number of fused-ring (bicyclic) bond motifs is 1. The molecule has 0 aliphatic heterocycles. The van der Waals surface area contributed by atoms with Crippen molar-refractivity contribution < 1.29 is 4.57 Å². The Kier molecular flexibility index (Phi) is 2.72. The van der Waals surface area contributed by atoms with Crippen LogP contribution in [-0.2, 0) is 6.54 Å². The van der Waals surface area contributed by atoms with Crippen LogP contribution in [0.4, 0.5) is 0 Å². The number of benzene rings is 1. The van der Waals surface area contributed by atoms with E-state index in [2.05, 4.69) is 61.9 Å². The lowest BCUT2D eigenvalue weighted by molar-refractivity contribution is -0.667. The van der Waals surface area contributed by atoms with Gasteiger partial charge in [0.25, 0.3) is 0 Å². The average molecular weight is 200 g/mol. The smallest absolute Gasteiger partial charge is 0.199 e. The Morgan fingerprint density at radius 3 is 2.53 bits per heavy atom. The van der Waals surface area contributed by atoms with E-state index in [4.69, 9.17) is 0 Å². The third-order valence-electron chi connectivity index (χ3n) is 2.92. The van der Waals surface area contributed by atoms with Gasteiger partial charge in [-0.2, -0.15) is 4.57 Å². The van der Waals surface area contributed by atoms with E-state index in [1.807, 2.05) is 0 Å². The molecule has 78 valence electrons. The molecule has 0 aliphatic rings. The molecule has 0 atom stereocenters. The zero-order valence-corrected chi connectivity index (χ0v) is 9.70. The topological polar surface area (TPSA) is 3.88 Å². The highest BCUT2D eigenvalue weighted by Crippen LogP contribution is 2.22. The van der Waals surface area contributed by atoms with Crippen LogP contribution in [0.5, 0.6) is 0 Å². The highest BCUT2D eigenvalue weighted by molar-refractivity contribution is 5.79. The number of hydrogen-bond acceptors (Lipinski definition) is 0. The maximum absolute atomic E-state index is 2.29. The number of rotatable bonds is 2. The molecule has 0 spiro atoms. The van der Waals surface area contributed by atoms with Crippen molar-refractivity contribution in [3.05, 3.63) is 42.1 Å². The van der Waals surface area contributed by atoms with Crippen molar-refractivity contribution in [2.75, 3.05) is 0 Å². The number of pyridine rings is 1. The van der Waals surface area contributed by atoms with Crippen LogP contribution in [0.15, 0.2) is 36.5 Å². The van der Waals surface area contributed by atoms with Crippen molar-refractivity contribution in [2.45, 2.75) is 33.2 Å². The van der Waals surface area contributed by atoms with Crippen LogP contribution in [-0.4, -0.2) is 0 Å². The Labute approximate surface area is 91.4 Å². The molecule has 15 heavy (non-hydrogen) atoms. The maximum atomic E-state index is 2.29. The molecule has 1 aromatic heterocycles. The van der Waals surface area contributed by atoms with Crippen LogP contribution < -0.4 is 4.57 Å². The van der Waals surface area contributed by atoms with Crippen molar-refractivity contribution in [1.82, 2.24) is 0 Å². The summed E-state index contributed by atoms with van der Waals surface area (Å²) < 4.78 is 2.29. The largest absolute Gasteiger partial charge is 0.212 e. The SMILES string of the molecule is CC[n+]1ccc(C(C)C)c2ccccc21. The van der Waals surface area contributed by atoms with Gasteiger partial charge in [0.2, 0.25) is 5.52 Å². The van der Waals surface area contributed by atoms with E-state index in [0.29, 0.717) is 5.92 Å². The molecular weight excluding hydrogens is 182 g/mol. The minimum atomic E-state index is 0.585. The fraction of sp³-hybridized carbons (Fsp3) is 0.357. The van der Waals surface area contributed by atoms with Gasteiger partial charge in [0.1, 0.15) is 6.54 Å². The number of hydrogen-bond donors (Lipinski definition) is 0. The summed E-state index contributed by atoms with van der Waals surface area (Å²) in [7, 11) is 0. The molecule has 1 aromatic carbocycles. The van der Waals surface area contributed by atoms with E-state index in [-0.39, 0.29) is 0 Å². The van der Waals surface area contributed by atoms with Gasteiger partial charge in [0, 0.05) is 17.5 Å². The molecule has 0 radical (unpaired) electrons. The van der Waals surface area contributed by atoms with Crippen LogP contribution in [0.2, 0.25) is 0 Å². The van der Waals surface area contributed by atoms with Crippen LogP contribution in [0, 0.1) is 0 Å². The predicted molar refractivity (Wildman–Crippen MR) is 63.9 cm³/mol. The summed E-state index contributed by atoms with van der Waals surface area (Å²) in [5, 5.41) is 1.39. The first-order valence-corrected chi connectivity index (χ1v) is 5.65. The minimum absolute atomic E-state index is 0.585. The minimum Gasteiger partial charge on any atom is -0.199 e. The monoisotopic (exact) mass is 200 g/mol. The molecule has 0 amide bonds. The van der Waals surface area contributed by atoms with Gasteiger partial charge in [0.15, 0.2) is 6.20 Å². The van der Waals surface area contributed by atoms with Gasteiger partial charge in [-0.05, 0) is 24.5 Å². The van der Waals surface area contributed by atoms with Gasteiger partial charge >= 0.3 is 0 Å². The number of nitrogens with zero attached hydrogens (tertiary/aromatic N) is 1. The maximum Gasteiger partial charge on any atom is 0.212 e. The van der Waals surface area contributed by atoms with E-state index in [0.717, 1.165) is 6.54 Å². The van der Waals surface area contributed by atoms with Gasteiger partial charge in [0.05, 0.1) is 0 Å². The van der Waals surface area contributed by atoms with Crippen molar-refractivity contribution >= 4 is 10.9 Å². The van der Waals surface area contributed by atoms with Crippen LogP contribution in [0.3, 0.4) is 0 Å². The zero-order valence-electron chi connectivity index (χ0n) is 9.70. The standard InChI is InChI=1S/C14H18N/c1-4-15-10-9-12(11(2)3)13-7-5-6-8-14(13)15/h5-11H,4H2,1-3H3/q+1. The van der Waals surface area contributed by atoms with Gasteiger partial charge in [-0.1, -0.05) is 26.0 Å². The van der Waals surface area contributed by atoms with Gasteiger partial charge in [-0.15, -0.1) is 0 Å². The average Bonchev–Trinajstić information content (AvgIpc) is 2.27. The normalized spacial score (nSPS) is 11.2. The lowest BCUT2D eigenvalue weighted by Crippen LogP contribution is -2.32. The van der Waals surface area contributed by atoms with Crippen molar-refractivity contribution in [1.29, 1.82) is 0 Å². The van der Waals surface area contributed by atoms with Crippen LogP contribution in [0.25, 0.3) is 10.9 Å². The molecule has 0 saturated carbocycles. The molecule has 0 N–H and O–H groups in total. The first-order chi connectivity index (χ1) is 7.24. The second kappa shape index (κ2) is 4.01. The molecule has 0 saturated heterocycles. The molecule has 1 heteroatoms. The fourth-order valence-corrected chi connectivity index (χ4v) is 2.09. The van der Waals surface area contributed by atoms with Gasteiger partial charge in [-0.3, -0.25) is 0 Å². The molecule has 2 rings (SSSR count). The first kappa shape index (κ1) is 10.2. The molecule has 0 aliphatic carbocycles. The van der Waals surface area contributed by atoms with E-state index >= 15 is 0 Å². The number of para-hydroxylation sites is 1. The van der Waals surface area contributed by atoms with E-state index in [1.165, 1.54) is 16.5 Å². The molecule has 0 bridgehead atoms. The summed E-state index contributed by atoms with van der Waals surface area (Å²) in [5.41, 5.74) is 2.78. The van der Waals surface area contributed by atoms with E-state index in [1.54, 1.807) is 0 Å². The molecule has 0 fully saturated rings. The highest BCUT2D eigenvalue weighted by Gasteiger charge is 2.11. The zero-order chi connectivity index (χ0) is 10.8. The second-order valence-corrected chi connectivity index (χ2v) is 4.23. The Balaban J connectivity index is 2.77. The molecule has 1 heterocycles. The lowest BCUT2D eigenvalue weighted by atomic mass is 9.99. The molecule has 0 unspecified atom stereocenters. The fourth-order valence-electron chi connectivity index (χ4n) is 2.09. The summed E-state index contributed by atoms with van der Waals surface area (Å²) in [6.07, 6.45) is 2.19. The van der Waals surface area contributed by atoms with E-state index < -0.39 is 0 Å². The predicted octanol–water partition coefficient (Wildman–Crippen LogP) is 3.27. The molecule has 2 aromatic rings. The van der Waals surface area contributed by atoms with Crippen LogP contribution in [0.1, 0.15) is 32.3 Å². The first-order valence-electron chi connectivity index (χ1n) is 5.65. The number of aromatic nitrogens is 1. The number of aryl methyl sites for hydroxylation is 1. The highest BCUT2D eigenvalue weighted by atomic mass is 14.9. The van der Waals surface area contributed by atoms with Crippen molar-refractivity contribution in [2.24, 2.45) is 0 Å². The van der Waals surface area contributed by atoms with Gasteiger partial charge < -0.3 is 0 Å². The Morgan fingerprint density at radius 1 is 1.13 bits per heavy atom. The van der Waals surface area contributed by atoms with Crippen LogP contribution >= 0.6 is 0 Å². The molecule has 1 nitrogen and oxygen atoms in total. The third-order valence-corrected chi connectivity index (χ3v) is 2.92. The van der Waals surface area contributed by atoms with Crippen molar-refractivity contribution in [3.8, 4) is 0 Å². The Bertz CT molecular complexity index is 472. The summed E-state index contributed by atoms with van der Waals surface area (Å²) in [6.45, 7) is 7.70. The summed E-state index contributed by atoms with van der Waals surface area (Å²) in [6, 6.07) is 10.9. The van der Waals surface area contributed by atoms with Crippen molar-refractivity contribution in [3.63, 3.8) is 0 Å². The lowest BCUT2D eigenvalue weighted by Gasteiger charge is -2.08. The summed E-state index contributed by atoms with van der Waals surface area (Å²) in [4.78, 5) is 0. The molecular formula is C14H18N+. The Hall–Kier alpha value is -1.37. The quantitative estimate of drug-likeness (QED) is 0.655. The summed E-state index contributed by atoms with van der Waals surface area (Å²) >= 11 is 0. The third kappa shape index (κ3) is 1.74. The Morgan fingerprint density at radius 2 is 1.87 bits per heavy atom. The van der Waals surface area contributed by atoms with E-state index in [9.17, 15) is 0 Å².